The average molecular weight is 559 g/mol. The lowest BCUT2D eigenvalue weighted by atomic mass is 10.00. The van der Waals surface area contributed by atoms with E-state index in [0.717, 1.165) is 11.1 Å². The van der Waals surface area contributed by atoms with Crippen molar-refractivity contribution in [1.29, 1.82) is 5.26 Å². The van der Waals surface area contributed by atoms with E-state index in [-0.39, 0.29) is 13.0 Å². The van der Waals surface area contributed by atoms with E-state index in [1.54, 1.807) is 51.1 Å². The summed E-state index contributed by atoms with van der Waals surface area (Å²) in [6.07, 6.45) is 1.42. The molecule has 204 valence electrons. The molecule has 2 unspecified atom stereocenters. The van der Waals surface area contributed by atoms with Gasteiger partial charge in [0.1, 0.15) is 24.2 Å². The second kappa shape index (κ2) is 14.1. The van der Waals surface area contributed by atoms with Crippen molar-refractivity contribution in [1.82, 2.24) is 10.2 Å². The molecular formula is C28H35ClN4O4S. The quantitative estimate of drug-likeness (QED) is 0.365. The van der Waals surface area contributed by atoms with Gasteiger partial charge in [-0.15, -0.1) is 0 Å². The summed E-state index contributed by atoms with van der Waals surface area (Å²) in [6.45, 7) is 8.48. The molecule has 8 nitrogen and oxygen atoms in total. The van der Waals surface area contributed by atoms with Crippen LogP contribution in [-0.2, 0) is 14.3 Å². The number of nitrogens with zero attached hydrogens (tertiary/aromatic N) is 2. The topological polar surface area (TPSA) is 112 Å². The highest BCUT2D eigenvalue weighted by molar-refractivity contribution is 7.98. The molecule has 0 saturated carbocycles. The van der Waals surface area contributed by atoms with Crippen LogP contribution in [0.5, 0.6) is 0 Å². The molecule has 0 heterocycles. The van der Waals surface area contributed by atoms with Gasteiger partial charge in [0.05, 0.1) is 16.8 Å². The first-order valence-corrected chi connectivity index (χ1v) is 13.9. The monoisotopic (exact) mass is 558 g/mol. The fourth-order valence-corrected chi connectivity index (χ4v) is 4.55. The molecule has 0 aliphatic carbocycles. The van der Waals surface area contributed by atoms with Crippen molar-refractivity contribution in [3.8, 4) is 6.07 Å². The second-order valence-corrected chi connectivity index (χ2v) is 11.2. The standard InChI is InChI=1S/C28H35ClN4O4S/c1-18-9-7-11-20(17-18)24(25(34)32-23-19(2)10-8-12-21(23)29)33(15-14-30)26(35)22(13-16-38-6)31-27(36)37-28(3,4)5/h7-12,17,22,24H,13,15-16H2,1-6H3,(H,31,36)(H,32,34). The number of aryl methyl sites for hydroxylation is 2. The zero-order valence-corrected chi connectivity index (χ0v) is 24.2. The molecule has 2 aromatic carbocycles. The molecule has 10 heteroatoms. The second-order valence-electron chi connectivity index (χ2n) is 9.84. The van der Waals surface area contributed by atoms with Gasteiger partial charge in [0.15, 0.2) is 0 Å². The molecule has 0 spiro atoms. The van der Waals surface area contributed by atoms with Crippen LogP contribution in [0.4, 0.5) is 10.5 Å². The molecule has 0 aliphatic heterocycles. The van der Waals surface area contributed by atoms with E-state index in [1.807, 2.05) is 38.3 Å². The average Bonchev–Trinajstić information content (AvgIpc) is 2.82. The maximum Gasteiger partial charge on any atom is 0.408 e. The SMILES string of the molecule is CSCCC(NC(=O)OC(C)(C)C)C(=O)N(CC#N)C(C(=O)Nc1c(C)cccc1Cl)c1cccc(C)c1. The Hall–Kier alpha value is -3.22. The number of carbonyl (C=O) groups is 3. The van der Waals surface area contributed by atoms with Crippen LogP contribution >= 0.6 is 23.4 Å². The number of rotatable bonds is 10. The number of ether oxygens (including phenoxy) is 1. The number of hydrogen-bond acceptors (Lipinski definition) is 6. The van der Waals surface area contributed by atoms with Crippen molar-refractivity contribution < 1.29 is 19.1 Å². The zero-order chi connectivity index (χ0) is 28.5. The van der Waals surface area contributed by atoms with E-state index in [9.17, 15) is 19.6 Å². The molecule has 2 aromatic rings. The molecule has 0 saturated heterocycles. The fraction of sp³-hybridized carbons (Fsp3) is 0.429. The molecule has 2 atom stereocenters. The molecule has 3 amide bonds. The summed E-state index contributed by atoms with van der Waals surface area (Å²) in [6, 6.07) is 12.3. The number of nitriles is 1. The van der Waals surface area contributed by atoms with Crippen LogP contribution in [-0.4, -0.2) is 53.0 Å². The fourth-order valence-electron chi connectivity index (χ4n) is 3.81. The van der Waals surface area contributed by atoms with Crippen LogP contribution in [0.2, 0.25) is 5.02 Å². The zero-order valence-electron chi connectivity index (χ0n) is 22.6. The molecular weight excluding hydrogens is 524 g/mol. The lowest BCUT2D eigenvalue weighted by Crippen LogP contribution is -2.52. The van der Waals surface area contributed by atoms with Crippen LogP contribution in [0.1, 0.15) is 49.9 Å². The van der Waals surface area contributed by atoms with Gasteiger partial charge in [-0.2, -0.15) is 17.0 Å². The van der Waals surface area contributed by atoms with E-state index in [4.69, 9.17) is 16.3 Å². The van der Waals surface area contributed by atoms with Crippen molar-refractivity contribution in [3.63, 3.8) is 0 Å². The lowest BCUT2D eigenvalue weighted by Gasteiger charge is -2.33. The summed E-state index contributed by atoms with van der Waals surface area (Å²) in [5, 5.41) is 15.5. The Kier molecular flexibility index (Phi) is 11.5. The van der Waals surface area contributed by atoms with E-state index >= 15 is 0 Å². The molecule has 0 bridgehead atoms. The molecule has 0 aliphatic rings. The highest BCUT2D eigenvalue weighted by Crippen LogP contribution is 2.29. The van der Waals surface area contributed by atoms with Gasteiger partial charge in [0.25, 0.3) is 5.91 Å². The molecule has 0 radical (unpaired) electrons. The number of thioether (sulfide) groups is 1. The maximum absolute atomic E-state index is 13.9. The predicted molar refractivity (Wildman–Crippen MR) is 152 cm³/mol. The molecule has 38 heavy (non-hydrogen) atoms. The van der Waals surface area contributed by atoms with Gasteiger partial charge in [-0.05, 0) is 70.2 Å². The largest absolute Gasteiger partial charge is 0.444 e. The highest BCUT2D eigenvalue weighted by atomic mass is 35.5. The Balaban J connectivity index is 2.53. The van der Waals surface area contributed by atoms with Crippen molar-refractivity contribution in [2.45, 2.75) is 58.7 Å². The van der Waals surface area contributed by atoms with E-state index in [1.165, 1.54) is 16.7 Å². The number of alkyl carbamates (subject to hydrolysis) is 1. The van der Waals surface area contributed by atoms with Crippen molar-refractivity contribution in [2.24, 2.45) is 0 Å². The van der Waals surface area contributed by atoms with Crippen LogP contribution in [0.15, 0.2) is 42.5 Å². The van der Waals surface area contributed by atoms with Crippen molar-refractivity contribution >= 4 is 47.0 Å². The Bertz CT molecular complexity index is 1170. The minimum atomic E-state index is -1.16. The minimum absolute atomic E-state index is 0.285. The first-order valence-electron chi connectivity index (χ1n) is 12.2. The van der Waals surface area contributed by atoms with Gasteiger partial charge >= 0.3 is 6.09 Å². The predicted octanol–water partition coefficient (Wildman–Crippen LogP) is 5.64. The Morgan fingerprint density at radius 1 is 1.16 bits per heavy atom. The van der Waals surface area contributed by atoms with Crippen molar-refractivity contribution in [3.05, 3.63) is 64.2 Å². The molecule has 0 aromatic heterocycles. The maximum atomic E-state index is 13.9. The van der Waals surface area contributed by atoms with Gasteiger partial charge in [-0.3, -0.25) is 9.59 Å². The van der Waals surface area contributed by atoms with Crippen LogP contribution in [0.3, 0.4) is 0 Å². The number of nitrogens with one attached hydrogen (secondary N) is 2. The summed E-state index contributed by atoms with van der Waals surface area (Å²) >= 11 is 7.87. The smallest absolute Gasteiger partial charge is 0.408 e. The van der Waals surface area contributed by atoms with Crippen LogP contribution < -0.4 is 10.6 Å². The van der Waals surface area contributed by atoms with Gasteiger partial charge in [0.2, 0.25) is 5.91 Å². The van der Waals surface area contributed by atoms with Crippen molar-refractivity contribution in [2.75, 3.05) is 23.9 Å². The van der Waals surface area contributed by atoms with Crippen LogP contribution in [0.25, 0.3) is 0 Å². The summed E-state index contributed by atoms with van der Waals surface area (Å²) in [7, 11) is 0. The van der Waals surface area contributed by atoms with Crippen LogP contribution in [0, 0.1) is 25.2 Å². The van der Waals surface area contributed by atoms with Gasteiger partial charge < -0.3 is 20.3 Å². The van der Waals surface area contributed by atoms with Gasteiger partial charge in [0, 0.05) is 0 Å². The third-order valence-corrected chi connectivity index (χ3v) is 6.47. The molecule has 2 rings (SSSR count). The summed E-state index contributed by atoms with van der Waals surface area (Å²) in [5.41, 5.74) is 1.81. The number of anilines is 1. The number of amides is 3. The third kappa shape index (κ3) is 8.96. The Morgan fingerprint density at radius 2 is 1.84 bits per heavy atom. The Morgan fingerprint density at radius 3 is 2.42 bits per heavy atom. The third-order valence-electron chi connectivity index (χ3n) is 5.51. The molecule has 2 N–H and O–H groups in total. The van der Waals surface area contributed by atoms with Gasteiger partial charge in [-0.1, -0.05) is 53.6 Å². The lowest BCUT2D eigenvalue weighted by molar-refractivity contribution is -0.140. The van der Waals surface area contributed by atoms with E-state index in [0.29, 0.717) is 22.0 Å². The first kappa shape index (κ1) is 31.0. The summed E-state index contributed by atoms with van der Waals surface area (Å²) < 4.78 is 5.37. The number of hydrogen-bond donors (Lipinski definition) is 2. The normalized spacial score (nSPS) is 12.6. The minimum Gasteiger partial charge on any atom is -0.444 e. The highest BCUT2D eigenvalue weighted by Gasteiger charge is 2.36. The summed E-state index contributed by atoms with van der Waals surface area (Å²) in [4.78, 5) is 41.5. The number of para-hydroxylation sites is 1. The van der Waals surface area contributed by atoms with E-state index < -0.39 is 35.6 Å². The van der Waals surface area contributed by atoms with Gasteiger partial charge in [-0.25, -0.2) is 4.79 Å². The summed E-state index contributed by atoms with van der Waals surface area (Å²) in [5.74, 6) is -0.535. The Labute approximate surface area is 234 Å². The van der Waals surface area contributed by atoms with E-state index in [2.05, 4.69) is 10.6 Å². The number of carbonyl (C=O) groups excluding carboxylic acids is 3. The molecule has 0 fully saturated rings. The number of halogens is 1. The first-order chi connectivity index (χ1) is 17.9. The number of benzene rings is 2.